The Kier molecular flexibility index (Phi) is 5.30. The predicted molar refractivity (Wildman–Crippen MR) is 69.8 cm³/mol. The van der Waals surface area contributed by atoms with Gasteiger partial charge in [-0.3, -0.25) is 0 Å². The van der Waals surface area contributed by atoms with Crippen LogP contribution in [0.3, 0.4) is 0 Å². The second-order valence-electron chi connectivity index (χ2n) is 6.26. The first-order valence-corrected chi connectivity index (χ1v) is 7.47. The molecule has 0 aromatic carbocycles. The average molecular weight is 240 g/mol. The molecule has 1 saturated heterocycles. The maximum Gasteiger partial charge on any atom is 0.157 e. The van der Waals surface area contributed by atoms with Gasteiger partial charge in [-0.05, 0) is 24.7 Å². The van der Waals surface area contributed by atoms with Gasteiger partial charge in [-0.25, -0.2) is 0 Å². The number of rotatable bonds is 4. The predicted octanol–water partition coefficient (Wildman–Crippen LogP) is 3.99. The van der Waals surface area contributed by atoms with Crippen LogP contribution in [0.5, 0.6) is 0 Å². The van der Waals surface area contributed by atoms with Gasteiger partial charge < -0.3 is 9.47 Å². The summed E-state index contributed by atoms with van der Waals surface area (Å²) in [6, 6.07) is 0. The van der Waals surface area contributed by atoms with E-state index in [1.54, 1.807) is 0 Å². The fourth-order valence-electron chi connectivity index (χ4n) is 3.00. The van der Waals surface area contributed by atoms with Gasteiger partial charge in [-0.1, -0.05) is 46.0 Å². The summed E-state index contributed by atoms with van der Waals surface area (Å²) in [6.45, 7) is 6.33. The van der Waals surface area contributed by atoms with Crippen LogP contribution in [0, 0.1) is 17.8 Å². The van der Waals surface area contributed by atoms with Crippen LogP contribution in [-0.4, -0.2) is 19.5 Å². The zero-order valence-electron chi connectivity index (χ0n) is 11.5. The van der Waals surface area contributed by atoms with E-state index in [0.717, 1.165) is 31.5 Å². The van der Waals surface area contributed by atoms with Crippen molar-refractivity contribution in [2.24, 2.45) is 17.8 Å². The number of hydrogen-bond donors (Lipinski definition) is 0. The molecule has 0 atom stereocenters. The fourth-order valence-corrected chi connectivity index (χ4v) is 3.00. The third-order valence-corrected chi connectivity index (χ3v) is 4.32. The second-order valence-corrected chi connectivity index (χ2v) is 6.26. The molecule has 0 N–H and O–H groups in total. The Bertz CT molecular complexity index is 179. The van der Waals surface area contributed by atoms with Crippen molar-refractivity contribution in [2.45, 2.75) is 65.1 Å². The van der Waals surface area contributed by atoms with Gasteiger partial charge in [0.25, 0.3) is 0 Å². The first-order chi connectivity index (χ1) is 8.24. The third-order valence-electron chi connectivity index (χ3n) is 4.32. The van der Waals surface area contributed by atoms with E-state index in [4.69, 9.17) is 9.47 Å². The minimum absolute atomic E-state index is 0.0914. The molecule has 1 heterocycles. The lowest BCUT2D eigenvalue weighted by molar-refractivity contribution is -0.200. The van der Waals surface area contributed by atoms with E-state index in [-0.39, 0.29) is 6.29 Å². The van der Waals surface area contributed by atoms with E-state index in [0.29, 0.717) is 5.92 Å². The molecule has 100 valence electrons. The summed E-state index contributed by atoms with van der Waals surface area (Å²) in [7, 11) is 0. The van der Waals surface area contributed by atoms with Crippen molar-refractivity contribution >= 4 is 0 Å². The fraction of sp³-hybridized carbons (Fsp3) is 1.00. The van der Waals surface area contributed by atoms with E-state index in [1.165, 1.54) is 38.5 Å². The molecule has 2 aliphatic rings. The maximum atomic E-state index is 5.67. The van der Waals surface area contributed by atoms with Crippen molar-refractivity contribution in [3.8, 4) is 0 Å². The summed E-state index contributed by atoms with van der Waals surface area (Å²) in [4.78, 5) is 0. The van der Waals surface area contributed by atoms with Crippen molar-refractivity contribution in [3.05, 3.63) is 0 Å². The molecular weight excluding hydrogens is 212 g/mol. The van der Waals surface area contributed by atoms with E-state index in [1.807, 2.05) is 0 Å². The third kappa shape index (κ3) is 4.59. The molecule has 0 bridgehead atoms. The minimum Gasteiger partial charge on any atom is -0.352 e. The van der Waals surface area contributed by atoms with Crippen LogP contribution in [-0.2, 0) is 9.47 Å². The highest BCUT2D eigenvalue weighted by Crippen LogP contribution is 2.31. The van der Waals surface area contributed by atoms with Crippen LogP contribution in [0.2, 0.25) is 0 Å². The standard InChI is InChI=1S/C15H28O2/c1-12-6-8-14(9-7-12)4-3-5-15-16-10-13(2)11-17-15/h12-15H,3-11H2,1-2H3. The van der Waals surface area contributed by atoms with E-state index in [2.05, 4.69) is 13.8 Å². The first kappa shape index (κ1) is 13.4. The highest BCUT2D eigenvalue weighted by molar-refractivity contribution is 4.70. The maximum absolute atomic E-state index is 5.67. The van der Waals surface area contributed by atoms with E-state index >= 15 is 0 Å². The molecule has 1 aliphatic carbocycles. The highest BCUT2D eigenvalue weighted by atomic mass is 16.7. The Morgan fingerprint density at radius 2 is 1.47 bits per heavy atom. The zero-order chi connectivity index (χ0) is 12.1. The molecule has 2 fully saturated rings. The van der Waals surface area contributed by atoms with Gasteiger partial charge in [0.15, 0.2) is 6.29 Å². The molecule has 0 radical (unpaired) electrons. The van der Waals surface area contributed by atoms with Crippen LogP contribution in [0.4, 0.5) is 0 Å². The van der Waals surface area contributed by atoms with Gasteiger partial charge >= 0.3 is 0 Å². The second kappa shape index (κ2) is 6.75. The largest absolute Gasteiger partial charge is 0.352 e. The number of hydrogen-bond acceptors (Lipinski definition) is 2. The highest BCUT2D eigenvalue weighted by Gasteiger charge is 2.21. The summed E-state index contributed by atoms with van der Waals surface area (Å²) in [5.74, 6) is 2.53. The smallest absolute Gasteiger partial charge is 0.157 e. The Morgan fingerprint density at radius 3 is 2.12 bits per heavy atom. The Labute approximate surface area is 106 Å². The van der Waals surface area contributed by atoms with Gasteiger partial charge in [0.1, 0.15) is 0 Å². The summed E-state index contributed by atoms with van der Waals surface area (Å²) < 4.78 is 11.3. The van der Waals surface area contributed by atoms with Crippen molar-refractivity contribution < 1.29 is 9.47 Å². The van der Waals surface area contributed by atoms with Crippen LogP contribution < -0.4 is 0 Å². The summed E-state index contributed by atoms with van der Waals surface area (Å²) in [5.41, 5.74) is 0. The Hall–Kier alpha value is -0.0800. The van der Waals surface area contributed by atoms with Crippen LogP contribution in [0.25, 0.3) is 0 Å². The normalized spacial score (nSPS) is 39.2. The molecule has 0 aromatic heterocycles. The van der Waals surface area contributed by atoms with Crippen LogP contribution >= 0.6 is 0 Å². The molecule has 0 spiro atoms. The Morgan fingerprint density at radius 1 is 0.824 bits per heavy atom. The Balaban J connectivity index is 1.54. The monoisotopic (exact) mass is 240 g/mol. The summed E-state index contributed by atoms with van der Waals surface area (Å²) in [5, 5.41) is 0. The molecule has 17 heavy (non-hydrogen) atoms. The quantitative estimate of drug-likeness (QED) is 0.739. The lowest BCUT2D eigenvalue weighted by Gasteiger charge is -2.29. The van der Waals surface area contributed by atoms with Gasteiger partial charge in [0, 0.05) is 5.92 Å². The average Bonchev–Trinajstić information content (AvgIpc) is 2.34. The lowest BCUT2D eigenvalue weighted by atomic mass is 9.81. The lowest BCUT2D eigenvalue weighted by Crippen LogP contribution is -2.30. The molecule has 2 heteroatoms. The van der Waals surface area contributed by atoms with E-state index < -0.39 is 0 Å². The number of ether oxygens (including phenoxy) is 2. The molecule has 0 amide bonds. The molecule has 2 nitrogen and oxygen atoms in total. The van der Waals surface area contributed by atoms with Crippen molar-refractivity contribution in [3.63, 3.8) is 0 Å². The summed E-state index contributed by atoms with van der Waals surface area (Å²) >= 11 is 0. The van der Waals surface area contributed by atoms with Crippen molar-refractivity contribution in [1.82, 2.24) is 0 Å². The van der Waals surface area contributed by atoms with Gasteiger partial charge in [0.05, 0.1) is 13.2 Å². The minimum atomic E-state index is 0.0914. The molecule has 1 saturated carbocycles. The van der Waals surface area contributed by atoms with Crippen LogP contribution in [0.15, 0.2) is 0 Å². The molecule has 1 aliphatic heterocycles. The first-order valence-electron chi connectivity index (χ1n) is 7.47. The summed E-state index contributed by atoms with van der Waals surface area (Å²) in [6.07, 6.45) is 9.63. The van der Waals surface area contributed by atoms with Gasteiger partial charge in [0.2, 0.25) is 0 Å². The van der Waals surface area contributed by atoms with Gasteiger partial charge in [-0.2, -0.15) is 0 Å². The SMILES string of the molecule is CC1CCC(CCCC2OCC(C)CO2)CC1. The molecule has 2 rings (SSSR count). The van der Waals surface area contributed by atoms with Crippen LogP contribution in [0.1, 0.15) is 58.8 Å². The topological polar surface area (TPSA) is 18.5 Å². The molecular formula is C15H28O2. The van der Waals surface area contributed by atoms with Crippen molar-refractivity contribution in [1.29, 1.82) is 0 Å². The zero-order valence-corrected chi connectivity index (χ0v) is 11.5. The van der Waals surface area contributed by atoms with Gasteiger partial charge in [-0.15, -0.1) is 0 Å². The van der Waals surface area contributed by atoms with Crippen molar-refractivity contribution in [2.75, 3.05) is 13.2 Å². The van der Waals surface area contributed by atoms with E-state index in [9.17, 15) is 0 Å². The molecule has 0 aromatic rings. The molecule has 0 unspecified atom stereocenters.